The van der Waals surface area contributed by atoms with Crippen LogP contribution in [0.4, 0.5) is 5.69 Å². The smallest absolute Gasteiger partial charge is 0.112 e. The standard InChI is InChI=1S/C6H6Br2N2/c7-3-4-5(9)1-2-10-6(4)8/h1-2H,3H2,(H2,9,10). The molecule has 2 nitrogen and oxygen atoms in total. The van der Waals surface area contributed by atoms with E-state index >= 15 is 0 Å². The fourth-order valence-corrected chi connectivity index (χ4v) is 2.07. The summed E-state index contributed by atoms with van der Waals surface area (Å²) >= 11 is 6.60. The predicted molar refractivity (Wildman–Crippen MR) is 49.0 cm³/mol. The van der Waals surface area contributed by atoms with Gasteiger partial charge in [0.15, 0.2) is 0 Å². The van der Waals surface area contributed by atoms with Gasteiger partial charge in [0, 0.05) is 22.8 Å². The zero-order valence-electron chi connectivity index (χ0n) is 5.14. The van der Waals surface area contributed by atoms with Crippen molar-refractivity contribution in [2.45, 2.75) is 5.33 Å². The molecule has 0 aliphatic rings. The third-order valence-electron chi connectivity index (χ3n) is 1.17. The molecule has 0 spiro atoms. The Balaban J connectivity index is 3.17. The fourth-order valence-electron chi connectivity index (χ4n) is 0.613. The van der Waals surface area contributed by atoms with Crippen LogP contribution < -0.4 is 5.73 Å². The lowest BCUT2D eigenvalue weighted by atomic mass is 10.3. The summed E-state index contributed by atoms with van der Waals surface area (Å²) in [5.41, 5.74) is 7.40. The molecule has 1 rings (SSSR count). The molecule has 1 aromatic heterocycles. The Morgan fingerprint density at radius 3 is 2.70 bits per heavy atom. The van der Waals surface area contributed by atoms with E-state index in [0.717, 1.165) is 21.2 Å². The van der Waals surface area contributed by atoms with Gasteiger partial charge in [0.05, 0.1) is 0 Å². The van der Waals surface area contributed by atoms with Gasteiger partial charge in [-0.15, -0.1) is 0 Å². The van der Waals surface area contributed by atoms with Crippen LogP contribution in [0.2, 0.25) is 0 Å². The Morgan fingerprint density at radius 2 is 2.30 bits per heavy atom. The van der Waals surface area contributed by atoms with Gasteiger partial charge in [0.1, 0.15) is 4.60 Å². The van der Waals surface area contributed by atoms with Crippen LogP contribution in [0.15, 0.2) is 16.9 Å². The van der Waals surface area contributed by atoms with E-state index in [2.05, 4.69) is 36.8 Å². The molecule has 4 heteroatoms. The lowest BCUT2D eigenvalue weighted by Crippen LogP contribution is -1.93. The van der Waals surface area contributed by atoms with Gasteiger partial charge in [0.2, 0.25) is 0 Å². The van der Waals surface area contributed by atoms with E-state index in [1.807, 2.05) is 0 Å². The van der Waals surface area contributed by atoms with E-state index in [9.17, 15) is 0 Å². The SMILES string of the molecule is Nc1ccnc(Br)c1CBr. The van der Waals surface area contributed by atoms with E-state index in [0.29, 0.717) is 0 Å². The highest BCUT2D eigenvalue weighted by Crippen LogP contribution is 2.21. The number of rotatable bonds is 1. The third-order valence-corrected chi connectivity index (χ3v) is 2.42. The Morgan fingerprint density at radius 1 is 1.60 bits per heavy atom. The molecule has 0 amide bonds. The molecule has 1 heterocycles. The first-order chi connectivity index (χ1) is 4.75. The van der Waals surface area contributed by atoms with Gasteiger partial charge < -0.3 is 5.73 Å². The molecular weight excluding hydrogens is 260 g/mol. The molecule has 0 fully saturated rings. The number of hydrogen-bond acceptors (Lipinski definition) is 2. The largest absolute Gasteiger partial charge is 0.398 e. The molecule has 0 bridgehead atoms. The molecule has 0 saturated carbocycles. The third kappa shape index (κ3) is 1.49. The van der Waals surface area contributed by atoms with Crippen LogP contribution >= 0.6 is 31.9 Å². The van der Waals surface area contributed by atoms with Crippen LogP contribution in [0.1, 0.15) is 5.56 Å². The highest BCUT2D eigenvalue weighted by Gasteiger charge is 2.01. The van der Waals surface area contributed by atoms with Gasteiger partial charge in [-0.05, 0) is 22.0 Å². The second-order valence-corrected chi connectivity index (χ2v) is 3.12. The quantitative estimate of drug-likeness (QED) is 0.625. The van der Waals surface area contributed by atoms with Crippen molar-refractivity contribution in [3.05, 3.63) is 22.4 Å². The molecule has 2 N–H and O–H groups in total. The molecule has 0 atom stereocenters. The molecule has 1 aromatic rings. The van der Waals surface area contributed by atoms with Gasteiger partial charge in [0.25, 0.3) is 0 Å². The second kappa shape index (κ2) is 3.34. The number of nitrogen functional groups attached to an aromatic ring is 1. The van der Waals surface area contributed by atoms with Crippen LogP contribution in [0.3, 0.4) is 0 Å². The van der Waals surface area contributed by atoms with Gasteiger partial charge in [-0.3, -0.25) is 0 Å². The number of nitrogens with two attached hydrogens (primary N) is 1. The number of hydrogen-bond donors (Lipinski definition) is 1. The monoisotopic (exact) mass is 264 g/mol. The highest BCUT2D eigenvalue weighted by molar-refractivity contribution is 9.10. The van der Waals surface area contributed by atoms with Gasteiger partial charge in [-0.2, -0.15) is 0 Å². The van der Waals surface area contributed by atoms with Crippen molar-refractivity contribution in [1.29, 1.82) is 0 Å². The summed E-state index contributed by atoms with van der Waals surface area (Å²) in [6.45, 7) is 0. The Kier molecular flexibility index (Phi) is 2.68. The van der Waals surface area contributed by atoms with Crippen molar-refractivity contribution in [1.82, 2.24) is 4.98 Å². The maximum Gasteiger partial charge on any atom is 0.112 e. The molecule has 54 valence electrons. The van der Waals surface area contributed by atoms with Gasteiger partial charge >= 0.3 is 0 Å². The van der Waals surface area contributed by atoms with E-state index in [-0.39, 0.29) is 0 Å². The van der Waals surface area contributed by atoms with Crippen molar-refractivity contribution in [3.8, 4) is 0 Å². The number of aromatic nitrogens is 1. The lowest BCUT2D eigenvalue weighted by Gasteiger charge is -2.01. The van der Waals surface area contributed by atoms with Crippen molar-refractivity contribution in [3.63, 3.8) is 0 Å². The van der Waals surface area contributed by atoms with Crippen LogP contribution in [0, 0.1) is 0 Å². The first-order valence-electron chi connectivity index (χ1n) is 2.70. The Hall–Kier alpha value is -0.0900. The van der Waals surface area contributed by atoms with Crippen LogP contribution in [0.5, 0.6) is 0 Å². The zero-order valence-corrected chi connectivity index (χ0v) is 8.31. The molecule has 0 unspecified atom stereocenters. The molecular formula is C6H6Br2N2. The van der Waals surface area contributed by atoms with Crippen molar-refractivity contribution >= 4 is 37.5 Å². The minimum atomic E-state index is 0.729. The summed E-state index contributed by atoms with van der Waals surface area (Å²) in [5, 5.41) is 0.729. The van der Waals surface area contributed by atoms with Crippen LogP contribution in [0.25, 0.3) is 0 Å². The first-order valence-corrected chi connectivity index (χ1v) is 4.62. The summed E-state index contributed by atoms with van der Waals surface area (Å²) < 4.78 is 0.810. The first kappa shape index (κ1) is 8.01. The maximum absolute atomic E-state index is 5.63. The molecule has 0 aliphatic carbocycles. The molecule has 0 aliphatic heterocycles. The minimum absolute atomic E-state index is 0.729. The summed E-state index contributed by atoms with van der Waals surface area (Å²) in [4.78, 5) is 4.02. The van der Waals surface area contributed by atoms with Crippen LogP contribution in [-0.2, 0) is 5.33 Å². The van der Waals surface area contributed by atoms with E-state index < -0.39 is 0 Å². The van der Waals surface area contributed by atoms with Crippen molar-refractivity contribution < 1.29 is 0 Å². The summed E-state index contributed by atoms with van der Waals surface area (Å²) in [6.07, 6.45) is 1.67. The summed E-state index contributed by atoms with van der Waals surface area (Å²) in [6, 6.07) is 1.78. The minimum Gasteiger partial charge on any atom is -0.398 e. The van der Waals surface area contributed by atoms with Crippen LogP contribution in [-0.4, -0.2) is 4.98 Å². The topological polar surface area (TPSA) is 38.9 Å². The average molecular weight is 266 g/mol. The van der Waals surface area contributed by atoms with E-state index in [1.165, 1.54) is 0 Å². The number of alkyl halides is 1. The number of pyridine rings is 1. The summed E-state index contributed by atoms with van der Waals surface area (Å²) in [5.74, 6) is 0. The zero-order chi connectivity index (χ0) is 7.56. The Bertz CT molecular complexity index is 217. The normalized spacial score (nSPS) is 9.80. The van der Waals surface area contributed by atoms with E-state index in [4.69, 9.17) is 5.73 Å². The maximum atomic E-state index is 5.63. The number of nitrogens with zero attached hydrogens (tertiary/aromatic N) is 1. The van der Waals surface area contributed by atoms with E-state index in [1.54, 1.807) is 12.3 Å². The van der Waals surface area contributed by atoms with Gasteiger partial charge in [-0.1, -0.05) is 15.9 Å². The summed E-state index contributed by atoms with van der Waals surface area (Å²) in [7, 11) is 0. The Labute approximate surface area is 76.1 Å². The molecule has 0 saturated heterocycles. The highest BCUT2D eigenvalue weighted by atomic mass is 79.9. The fraction of sp³-hybridized carbons (Fsp3) is 0.167. The lowest BCUT2D eigenvalue weighted by molar-refractivity contribution is 1.21. The molecule has 0 aromatic carbocycles. The van der Waals surface area contributed by atoms with Crippen molar-refractivity contribution in [2.24, 2.45) is 0 Å². The second-order valence-electron chi connectivity index (χ2n) is 1.80. The molecule has 10 heavy (non-hydrogen) atoms. The van der Waals surface area contributed by atoms with Gasteiger partial charge in [-0.25, -0.2) is 4.98 Å². The number of halogens is 2. The molecule has 0 radical (unpaired) electrons. The average Bonchev–Trinajstić information content (AvgIpc) is 1.88. The number of anilines is 1. The predicted octanol–water partition coefficient (Wildman–Crippen LogP) is 2.32. The van der Waals surface area contributed by atoms with Crippen molar-refractivity contribution in [2.75, 3.05) is 5.73 Å².